The third kappa shape index (κ3) is 14.4. The number of unbranched alkanes of at least 4 members (excludes halogenated alkanes) is 1. The number of amides is 4. The Morgan fingerprint density at radius 2 is 1.42 bits per heavy atom. The van der Waals surface area contributed by atoms with Gasteiger partial charge in [0.25, 0.3) is 0 Å². The third-order valence-electron chi connectivity index (χ3n) is 13.4. The minimum Gasteiger partial charge on any atom is -0.492 e. The molecule has 1 fully saturated rings. The van der Waals surface area contributed by atoms with E-state index >= 15 is 0 Å². The van der Waals surface area contributed by atoms with Gasteiger partial charge in [0, 0.05) is 39.4 Å². The maximum Gasteiger partial charge on any atom is 0.246 e. The first kappa shape index (κ1) is 52.9. The Kier molecular flexibility index (Phi) is 19.1. The first-order chi connectivity index (χ1) is 34.9. The Morgan fingerprint density at radius 3 is 2.04 bits per heavy atom. The number of β-amino-alcohol motifs (C(OH)–C–C–N with tert-alkyl or cyclic N) is 1. The zero-order valence-electron chi connectivity index (χ0n) is 42.3. The van der Waals surface area contributed by atoms with Gasteiger partial charge in [0.2, 0.25) is 23.6 Å². The van der Waals surface area contributed by atoms with E-state index in [0.29, 0.717) is 32.4 Å². The van der Waals surface area contributed by atoms with Gasteiger partial charge in [-0.3, -0.25) is 19.2 Å². The van der Waals surface area contributed by atoms with Crippen molar-refractivity contribution in [2.24, 2.45) is 5.92 Å². The molecule has 0 spiro atoms. The molecule has 72 heavy (non-hydrogen) atoms. The van der Waals surface area contributed by atoms with Gasteiger partial charge in [0.1, 0.15) is 24.4 Å². The molecule has 7 rings (SSSR count). The number of aliphatic hydroxyl groups excluding tert-OH is 1. The standard InChI is InChI=1S/C60H69N5O6S/c1-6-52(46-16-9-7-10-17-46)56(47-18-11-8-12-19-47)48-30-32-51(33-31-48)71-36-35-64(5)55(68)34-27-44-23-21-43(22-24-44)15-13-14-20-54(67)63-57(41(2)3)60(70)65-39-50(66)37-53(65)59(69)61-38-45-25-28-49(29-26-45)58-42(4)62-40-72-58/h7-12,16-19,21-26,28-33,40-41,50,53,57,66H,6,13-15,20,27,34-39H2,1-5H3,(H,61,69)(H,63,67)/b56-52-/t50-,53+,57+/m1/s1. The van der Waals surface area contributed by atoms with E-state index in [1.165, 1.54) is 27.2 Å². The summed E-state index contributed by atoms with van der Waals surface area (Å²) < 4.78 is 6.10. The molecule has 2 heterocycles. The molecule has 1 saturated heterocycles. The fourth-order valence-corrected chi connectivity index (χ4v) is 10.1. The molecule has 12 heteroatoms. The van der Waals surface area contributed by atoms with Crippen LogP contribution in [0, 0.1) is 12.8 Å². The molecule has 1 aliphatic heterocycles. The number of ether oxygens (including phenoxy) is 1. The van der Waals surface area contributed by atoms with Crippen LogP contribution in [0.25, 0.3) is 21.6 Å². The van der Waals surface area contributed by atoms with Crippen molar-refractivity contribution in [3.63, 3.8) is 0 Å². The van der Waals surface area contributed by atoms with Crippen LogP contribution in [0.1, 0.15) is 98.4 Å². The van der Waals surface area contributed by atoms with Crippen molar-refractivity contribution < 1.29 is 29.0 Å². The predicted molar refractivity (Wildman–Crippen MR) is 288 cm³/mol. The van der Waals surface area contributed by atoms with Crippen LogP contribution in [0.3, 0.4) is 0 Å². The van der Waals surface area contributed by atoms with Crippen molar-refractivity contribution in [3.05, 3.63) is 178 Å². The second-order valence-electron chi connectivity index (χ2n) is 19.0. The van der Waals surface area contributed by atoms with Crippen LogP contribution in [-0.2, 0) is 38.6 Å². The molecule has 4 amide bonds. The lowest BCUT2D eigenvalue weighted by molar-refractivity contribution is -0.142. The summed E-state index contributed by atoms with van der Waals surface area (Å²) in [6.07, 6.45) is 3.70. The Bertz CT molecular complexity index is 2740. The number of nitrogens with one attached hydrogen (secondary N) is 2. The minimum absolute atomic E-state index is 0.0306. The highest BCUT2D eigenvalue weighted by molar-refractivity contribution is 7.13. The van der Waals surface area contributed by atoms with Gasteiger partial charge in [-0.05, 0) is 107 Å². The quantitative estimate of drug-likeness (QED) is 0.0429. The summed E-state index contributed by atoms with van der Waals surface area (Å²) in [5.41, 5.74) is 13.0. The molecular weight excluding hydrogens is 919 g/mol. The number of aromatic nitrogens is 1. The number of likely N-dealkylation sites (N-methyl/N-ethyl adjacent to an activating group) is 1. The highest BCUT2D eigenvalue weighted by Gasteiger charge is 2.42. The van der Waals surface area contributed by atoms with Crippen LogP contribution in [0.4, 0.5) is 0 Å². The van der Waals surface area contributed by atoms with Gasteiger partial charge in [-0.15, -0.1) is 11.3 Å². The molecule has 3 atom stereocenters. The summed E-state index contributed by atoms with van der Waals surface area (Å²) in [7, 11) is 1.81. The molecule has 0 bridgehead atoms. The van der Waals surface area contributed by atoms with E-state index in [2.05, 4.69) is 107 Å². The lowest BCUT2D eigenvalue weighted by atomic mass is 9.88. The van der Waals surface area contributed by atoms with Crippen molar-refractivity contribution >= 4 is 46.1 Å². The van der Waals surface area contributed by atoms with E-state index in [1.54, 1.807) is 16.2 Å². The summed E-state index contributed by atoms with van der Waals surface area (Å²) in [6.45, 7) is 9.08. The van der Waals surface area contributed by atoms with Gasteiger partial charge in [0.15, 0.2) is 0 Å². The van der Waals surface area contributed by atoms with E-state index in [4.69, 9.17) is 4.74 Å². The van der Waals surface area contributed by atoms with E-state index in [-0.39, 0.29) is 55.5 Å². The van der Waals surface area contributed by atoms with Crippen LogP contribution < -0.4 is 15.4 Å². The van der Waals surface area contributed by atoms with Crippen molar-refractivity contribution in [3.8, 4) is 16.2 Å². The molecule has 376 valence electrons. The number of carbonyl (C=O) groups excluding carboxylic acids is 4. The Morgan fingerprint density at radius 1 is 0.792 bits per heavy atom. The fraction of sp³-hybridized carbons (Fsp3) is 0.350. The maximum atomic E-state index is 13.9. The normalized spacial score (nSPS) is 15.2. The van der Waals surface area contributed by atoms with Crippen molar-refractivity contribution in [1.82, 2.24) is 25.4 Å². The van der Waals surface area contributed by atoms with Gasteiger partial charge in [-0.2, -0.15) is 0 Å². The van der Waals surface area contributed by atoms with Gasteiger partial charge in [-0.25, -0.2) is 4.98 Å². The topological polar surface area (TPSA) is 141 Å². The smallest absolute Gasteiger partial charge is 0.246 e. The molecule has 11 nitrogen and oxygen atoms in total. The molecular formula is C60H69N5O6S. The number of nitrogens with zero attached hydrogens (tertiary/aromatic N) is 3. The molecule has 0 unspecified atom stereocenters. The first-order valence-corrected chi connectivity index (χ1v) is 26.2. The lowest BCUT2D eigenvalue weighted by Crippen LogP contribution is -2.55. The number of allylic oxidation sites excluding steroid dienone is 1. The predicted octanol–water partition coefficient (Wildman–Crippen LogP) is 10.1. The Labute approximate surface area is 429 Å². The number of benzene rings is 5. The van der Waals surface area contributed by atoms with Gasteiger partial charge in [0.05, 0.1) is 28.7 Å². The molecule has 0 aliphatic carbocycles. The van der Waals surface area contributed by atoms with Crippen molar-refractivity contribution in [1.29, 1.82) is 0 Å². The molecule has 6 aromatic rings. The summed E-state index contributed by atoms with van der Waals surface area (Å²) in [5.74, 6) is -0.329. The van der Waals surface area contributed by atoms with Crippen LogP contribution in [0.15, 0.2) is 139 Å². The number of aryl methyl sites for hydroxylation is 3. The van der Waals surface area contributed by atoms with E-state index in [9.17, 15) is 24.3 Å². The van der Waals surface area contributed by atoms with Crippen LogP contribution in [0.2, 0.25) is 0 Å². The van der Waals surface area contributed by atoms with E-state index < -0.39 is 18.2 Å². The summed E-state index contributed by atoms with van der Waals surface area (Å²) in [5, 5.41) is 16.4. The van der Waals surface area contributed by atoms with Gasteiger partial charge >= 0.3 is 0 Å². The Hall–Kier alpha value is -6.89. The van der Waals surface area contributed by atoms with E-state index in [1.807, 2.05) is 81.9 Å². The monoisotopic (exact) mass is 987 g/mol. The van der Waals surface area contributed by atoms with Gasteiger partial charge in [-0.1, -0.05) is 142 Å². The second kappa shape index (κ2) is 26.0. The van der Waals surface area contributed by atoms with Crippen molar-refractivity contribution in [2.75, 3.05) is 26.7 Å². The number of thiazole rings is 1. The zero-order chi connectivity index (χ0) is 51.0. The largest absolute Gasteiger partial charge is 0.492 e. The molecule has 0 radical (unpaired) electrons. The van der Waals surface area contributed by atoms with Crippen molar-refractivity contribution in [2.45, 2.75) is 104 Å². The maximum absolute atomic E-state index is 13.9. The van der Waals surface area contributed by atoms with E-state index in [0.717, 1.165) is 63.4 Å². The minimum atomic E-state index is -0.836. The van der Waals surface area contributed by atoms with Gasteiger partial charge < -0.3 is 30.3 Å². The molecule has 3 N–H and O–H groups in total. The number of carbonyl (C=O) groups is 4. The highest BCUT2D eigenvalue weighted by atomic mass is 32.1. The third-order valence-corrected chi connectivity index (χ3v) is 14.4. The number of aliphatic hydroxyl groups is 1. The molecule has 1 aromatic heterocycles. The lowest BCUT2D eigenvalue weighted by Gasteiger charge is -2.30. The summed E-state index contributed by atoms with van der Waals surface area (Å²) in [6, 6.07) is 43.8. The number of rotatable bonds is 23. The van der Waals surface area contributed by atoms with Crippen LogP contribution >= 0.6 is 11.3 Å². The molecule has 5 aromatic carbocycles. The average Bonchev–Trinajstić information content (AvgIpc) is 4.02. The number of hydrogen-bond donors (Lipinski definition) is 3. The summed E-state index contributed by atoms with van der Waals surface area (Å²) >= 11 is 1.58. The second-order valence-corrected chi connectivity index (χ2v) is 19.9. The fourth-order valence-electron chi connectivity index (χ4n) is 9.26. The van der Waals surface area contributed by atoms with Crippen LogP contribution in [-0.4, -0.2) is 88.5 Å². The molecule has 1 aliphatic rings. The SMILES string of the molecule is CC/C(=C(\c1ccccc1)c1ccc(OCCN(C)C(=O)CCc2ccc(CCCCC(=O)N[C@H](C(=O)N3C[C@H](O)C[C@H]3C(=O)NCc3ccc(-c4scnc4C)cc3)C(C)C)cc2)cc1)c1ccccc1. The number of likely N-dealkylation sites (tertiary alicyclic amines) is 1. The molecule has 0 saturated carbocycles. The Balaban J connectivity index is 0.800. The highest BCUT2D eigenvalue weighted by Crippen LogP contribution is 2.35. The van der Waals surface area contributed by atoms with Crippen LogP contribution in [0.5, 0.6) is 5.75 Å². The average molecular weight is 988 g/mol. The summed E-state index contributed by atoms with van der Waals surface area (Å²) in [4.78, 5) is 62.1. The number of hydrogen-bond acceptors (Lipinski definition) is 8. The zero-order valence-corrected chi connectivity index (χ0v) is 43.1. The first-order valence-electron chi connectivity index (χ1n) is 25.3.